The fraction of sp³-hybridized carbons (Fsp3) is 0.312. The molecule has 1 aromatic carbocycles. The Labute approximate surface area is 133 Å². The zero-order valence-corrected chi connectivity index (χ0v) is 13.2. The van der Waals surface area contributed by atoms with E-state index in [9.17, 15) is 9.59 Å². The van der Waals surface area contributed by atoms with Gasteiger partial charge in [-0.05, 0) is 25.5 Å². The molecule has 0 aliphatic heterocycles. The highest BCUT2D eigenvalue weighted by Crippen LogP contribution is 2.19. The van der Waals surface area contributed by atoms with E-state index in [0.717, 1.165) is 0 Å². The van der Waals surface area contributed by atoms with Gasteiger partial charge in [0.15, 0.2) is 11.9 Å². The lowest BCUT2D eigenvalue weighted by atomic mass is 10.2. The number of aryl methyl sites for hydroxylation is 1. The van der Waals surface area contributed by atoms with Gasteiger partial charge in [-0.25, -0.2) is 4.79 Å². The largest absolute Gasteiger partial charge is 0.496 e. The summed E-state index contributed by atoms with van der Waals surface area (Å²) in [4.78, 5) is 24.4. The Hall–Kier alpha value is -2.83. The second-order valence-electron chi connectivity index (χ2n) is 4.81. The van der Waals surface area contributed by atoms with E-state index in [0.29, 0.717) is 17.9 Å². The van der Waals surface area contributed by atoms with Crippen LogP contribution in [0.25, 0.3) is 0 Å². The predicted octanol–water partition coefficient (Wildman–Crippen LogP) is 2.57. The monoisotopic (exact) mass is 318 g/mol. The Kier molecular flexibility index (Phi) is 5.35. The molecule has 1 heterocycles. The Morgan fingerprint density at radius 1 is 1.35 bits per heavy atom. The molecular weight excluding hydrogens is 300 g/mol. The normalized spacial score (nSPS) is 11.6. The number of hydrogen-bond donors (Lipinski definition) is 1. The summed E-state index contributed by atoms with van der Waals surface area (Å²) in [5.74, 6) is 0.142. The van der Waals surface area contributed by atoms with Gasteiger partial charge >= 0.3 is 5.97 Å². The van der Waals surface area contributed by atoms with Crippen molar-refractivity contribution in [1.82, 2.24) is 5.16 Å². The molecule has 0 bridgehead atoms. The molecule has 0 spiro atoms. The summed E-state index contributed by atoms with van der Waals surface area (Å²) in [7, 11) is 1.46. The first-order valence-electron chi connectivity index (χ1n) is 7.13. The molecule has 7 heteroatoms. The summed E-state index contributed by atoms with van der Waals surface area (Å²) in [6.45, 7) is 3.45. The van der Waals surface area contributed by atoms with Gasteiger partial charge in [-0.15, -0.1) is 0 Å². The first-order valence-corrected chi connectivity index (χ1v) is 7.13. The van der Waals surface area contributed by atoms with Crippen LogP contribution in [0.2, 0.25) is 0 Å². The van der Waals surface area contributed by atoms with Gasteiger partial charge in [-0.3, -0.25) is 4.79 Å². The van der Waals surface area contributed by atoms with Crippen LogP contribution in [-0.2, 0) is 9.53 Å². The van der Waals surface area contributed by atoms with Crippen molar-refractivity contribution in [3.8, 4) is 5.75 Å². The summed E-state index contributed by atoms with van der Waals surface area (Å²) in [5, 5.41) is 6.22. The maximum Gasteiger partial charge on any atom is 0.342 e. The quantitative estimate of drug-likeness (QED) is 0.823. The van der Waals surface area contributed by atoms with Gasteiger partial charge in [0.25, 0.3) is 5.91 Å². The van der Waals surface area contributed by atoms with E-state index in [4.69, 9.17) is 14.0 Å². The number of ether oxygens (including phenoxy) is 2. The molecule has 23 heavy (non-hydrogen) atoms. The minimum Gasteiger partial charge on any atom is -0.496 e. The maximum absolute atomic E-state index is 12.2. The number of nitrogens with zero attached hydrogens (tertiary/aromatic N) is 1. The lowest BCUT2D eigenvalue weighted by molar-refractivity contribution is -0.124. The van der Waals surface area contributed by atoms with Gasteiger partial charge in [-0.2, -0.15) is 0 Å². The molecule has 0 fully saturated rings. The number of anilines is 1. The Balaban J connectivity index is 2.06. The van der Waals surface area contributed by atoms with E-state index in [1.807, 2.05) is 0 Å². The van der Waals surface area contributed by atoms with E-state index in [1.165, 1.54) is 7.11 Å². The van der Waals surface area contributed by atoms with Crippen LogP contribution >= 0.6 is 0 Å². The Morgan fingerprint density at radius 2 is 2.09 bits per heavy atom. The second kappa shape index (κ2) is 7.44. The van der Waals surface area contributed by atoms with Crippen molar-refractivity contribution in [3.63, 3.8) is 0 Å². The number of amides is 1. The number of aromatic nitrogens is 1. The van der Waals surface area contributed by atoms with Crippen LogP contribution < -0.4 is 10.1 Å². The van der Waals surface area contributed by atoms with Crippen LogP contribution in [0.5, 0.6) is 5.75 Å². The van der Waals surface area contributed by atoms with Crippen LogP contribution in [0.3, 0.4) is 0 Å². The lowest BCUT2D eigenvalue weighted by Crippen LogP contribution is -2.32. The molecule has 1 atom stereocenters. The third-order valence-corrected chi connectivity index (χ3v) is 3.12. The average molecular weight is 318 g/mol. The van der Waals surface area contributed by atoms with Crippen LogP contribution in [0.4, 0.5) is 5.82 Å². The van der Waals surface area contributed by atoms with Gasteiger partial charge in [0.05, 0.1) is 7.11 Å². The first-order chi connectivity index (χ1) is 11.0. The number of esters is 1. The molecular formula is C16H18N2O5. The van der Waals surface area contributed by atoms with Crippen molar-refractivity contribution in [2.24, 2.45) is 0 Å². The summed E-state index contributed by atoms with van der Waals surface area (Å²) in [6, 6.07) is 8.24. The molecule has 0 saturated heterocycles. The van der Waals surface area contributed by atoms with Gasteiger partial charge in [0, 0.05) is 6.07 Å². The van der Waals surface area contributed by atoms with Crippen molar-refractivity contribution in [2.45, 2.75) is 26.4 Å². The van der Waals surface area contributed by atoms with Crippen molar-refractivity contribution < 1.29 is 23.6 Å². The topological polar surface area (TPSA) is 90.7 Å². The SMILES string of the molecule is CC[C@H](OC(=O)c1ccccc1OC)C(=O)Nc1cc(C)on1. The smallest absolute Gasteiger partial charge is 0.342 e. The number of methoxy groups -OCH3 is 1. The zero-order valence-electron chi connectivity index (χ0n) is 13.2. The fourth-order valence-electron chi connectivity index (χ4n) is 1.96. The zero-order chi connectivity index (χ0) is 16.8. The minimum absolute atomic E-state index is 0.263. The first kappa shape index (κ1) is 16.5. The molecule has 1 N–H and O–H groups in total. The molecule has 0 unspecified atom stereocenters. The number of rotatable bonds is 6. The Bertz CT molecular complexity index is 695. The molecule has 0 saturated carbocycles. The van der Waals surface area contributed by atoms with Crippen molar-refractivity contribution in [1.29, 1.82) is 0 Å². The molecule has 0 aliphatic rings. The van der Waals surface area contributed by atoms with Crippen LogP contribution in [0.15, 0.2) is 34.9 Å². The van der Waals surface area contributed by atoms with Crippen molar-refractivity contribution >= 4 is 17.7 Å². The second-order valence-corrected chi connectivity index (χ2v) is 4.81. The van der Waals surface area contributed by atoms with E-state index >= 15 is 0 Å². The number of hydrogen-bond acceptors (Lipinski definition) is 6. The summed E-state index contributed by atoms with van der Waals surface area (Å²) in [5.41, 5.74) is 0.263. The molecule has 122 valence electrons. The standard InChI is InChI=1S/C16H18N2O5/c1-4-12(15(19)17-14-9-10(2)23-18-14)22-16(20)11-7-5-6-8-13(11)21-3/h5-9,12H,4H2,1-3H3,(H,17,18,19)/t12-/m0/s1. The maximum atomic E-state index is 12.2. The highest BCUT2D eigenvalue weighted by molar-refractivity contribution is 5.98. The lowest BCUT2D eigenvalue weighted by Gasteiger charge is -2.16. The molecule has 0 radical (unpaired) electrons. The average Bonchev–Trinajstić information content (AvgIpc) is 2.97. The van der Waals surface area contributed by atoms with Gasteiger partial charge in [0.1, 0.15) is 17.1 Å². The number of carbonyl (C=O) groups is 2. The van der Waals surface area contributed by atoms with Crippen molar-refractivity contribution in [2.75, 3.05) is 12.4 Å². The Morgan fingerprint density at radius 3 is 2.70 bits per heavy atom. The molecule has 2 aromatic rings. The summed E-state index contributed by atoms with van der Waals surface area (Å²) >= 11 is 0. The molecule has 2 rings (SSSR count). The highest BCUT2D eigenvalue weighted by atomic mass is 16.5. The predicted molar refractivity (Wildman–Crippen MR) is 82.4 cm³/mol. The van der Waals surface area contributed by atoms with Crippen LogP contribution in [-0.4, -0.2) is 30.2 Å². The minimum atomic E-state index is -0.940. The number of para-hydroxylation sites is 1. The molecule has 7 nitrogen and oxygen atoms in total. The molecule has 1 aromatic heterocycles. The summed E-state index contributed by atoms with van der Waals surface area (Å²) in [6.07, 6.45) is -0.617. The van der Waals surface area contributed by atoms with Crippen LogP contribution in [0.1, 0.15) is 29.5 Å². The van der Waals surface area contributed by atoms with E-state index in [1.54, 1.807) is 44.2 Å². The number of carbonyl (C=O) groups excluding carboxylic acids is 2. The van der Waals surface area contributed by atoms with Gasteiger partial charge in [0.2, 0.25) is 0 Å². The molecule has 1 amide bonds. The summed E-state index contributed by atoms with van der Waals surface area (Å²) < 4.78 is 15.3. The van der Waals surface area contributed by atoms with E-state index in [-0.39, 0.29) is 11.4 Å². The number of nitrogens with one attached hydrogen (secondary N) is 1. The van der Waals surface area contributed by atoms with E-state index in [2.05, 4.69) is 10.5 Å². The van der Waals surface area contributed by atoms with Gasteiger partial charge in [-0.1, -0.05) is 24.2 Å². The highest BCUT2D eigenvalue weighted by Gasteiger charge is 2.24. The van der Waals surface area contributed by atoms with Gasteiger partial charge < -0.3 is 19.3 Å². The number of benzene rings is 1. The van der Waals surface area contributed by atoms with E-state index < -0.39 is 18.0 Å². The molecule has 0 aliphatic carbocycles. The van der Waals surface area contributed by atoms with Crippen molar-refractivity contribution in [3.05, 3.63) is 41.7 Å². The van der Waals surface area contributed by atoms with Crippen LogP contribution in [0, 0.1) is 6.92 Å². The third-order valence-electron chi connectivity index (χ3n) is 3.12. The third kappa shape index (κ3) is 4.09. The fourth-order valence-corrected chi connectivity index (χ4v) is 1.96.